The maximum atomic E-state index is 3.79. The zero-order valence-corrected chi connectivity index (χ0v) is 14.1. The van der Waals surface area contributed by atoms with Gasteiger partial charge >= 0.3 is 0 Å². The normalized spacial score (nSPS) is 26.1. The number of piperazine rings is 1. The van der Waals surface area contributed by atoms with Gasteiger partial charge in [-0.15, -0.1) is 0 Å². The average Bonchev–Trinajstić information content (AvgIpc) is 2.36. The Hall–Kier alpha value is -0.0800. The van der Waals surface area contributed by atoms with Crippen LogP contribution in [0.15, 0.2) is 0 Å². The standard InChI is InChI=1S/C17H36N2/c1-7-10-15-11-18-16(17(4,5)6)13-19(15)12-14(8-2)9-3/h14-16,18H,7-13H2,1-6H3. The van der Waals surface area contributed by atoms with Crippen LogP contribution in [0, 0.1) is 11.3 Å². The molecule has 0 bridgehead atoms. The summed E-state index contributed by atoms with van der Waals surface area (Å²) in [7, 11) is 0. The summed E-state index contributed by atoms with van der Waals surface area (Å²) in [5.74, 6) is 0.873. The highest BCUT2D eigenvalue weighted by Gasteiger charge is 2.34. The Labute approximate surface area is 121 Å². The van der Waals surface area contributed by atoms with Crippen LogP contribution in [-0.2, 0) is 0 Å². The summed E-state index contributed by atoms with van der Waals surface area (Å²) in [4.78, 5) is 2.79. The van der Waals surface area contributed by atoms with Crippen molar-refractivity contribution in [2.24, 2.45) is 11.3 Å². The molecular weight excluding hydrogens is 232 g/mol. The number of rotatable bonds is 6. The minimum Gasteiger partial charge on any atom is -0.311 e. The molecule has 1 aliphatic heterocycles. The summed E-state index contributed by atoms with van der Waals surface area (Å²) in [6.45, 7) is 17.8. The fourth-order valence-electron chi connectivity index (χ4n) is 3.16. The van der Waals surface area contributed by atoms with E-state index in [9.17, 15) is 0 Å². The predicted molar refractivity (Wildman–Crippen MR) is 85.6 cm³/mol. The third-order valence-corrected chi connectivity index (χ3v) is 4.85. The van der Waals surface area contributed by atoms with E-state index in [2.05, 4.69) is 51.8 Å². The quantitative estimate of drug-likeness (QED) is 0.785. The second-order valence-corrected chi connectivity index (χ2v) is 7.41. The number of hydrogen-bond acceptors (Lipinski definition) is 2. The van der Waals surface area contributed by atoms with Crippen LogP contribution in [0.3, 0.4) is 0 Å². The molecule has 0 amide bonds. The Bertz CT molecular complexity index is 240. The molecule has 1 aliphatic rings. The molecule has 0 aliphatic carbocycles. The molecule has 2 unspecified atom stereocenters. The Morgan fingerprint density at radius 1 is 1.16 bits per heavy atom. The van der Waals surface area contributed by atoms with Gasteiger partial charge in [0.25, 0.3) is 0 Å². The van der Waals surface area contributed by atoms with E-state index in [1.54, 1.807) is 0 Å². The molecule has 1 rings (SSSR count). The highest BCUT2D eigenvalue weighted by Crippen LogP contribution is 2.26. The summed E-state index contributed by atoms with van der Waals surface area (Å²) in [5, 5.41) is 3.79. The zero-order chi connectivity index (χ0) is 14.5. The van der Waals surface area contributed by atoms with Crippen molar-refractivity contribution in [3.05, 3.63) is 0 Å². The van der Waals surface area contributed by atoms with E-state index in [0.29, 0.717) is 11.5 Å². The molecule has 0 saturated carbocycles. The maximum Gasteiger partial charge on any atom is 0.0244 e. The van der Waals surface area contributed by atoms with Gasteiger partial charge in [-0.1, -0.05) is 60.8 Å². The second-order valence-electron chi connectivity index (χ2n) is 7.41. The first-order valence-corrected chi connectivity index (χ1v) is 8.39. The Kier molecular flexibility index (Phi) is 6.82. The summed E-state index contributed by atoms with van der Waals surface area (Å²) in [5.41, 5.74) is 0.364. The van der Waals surface area contributed by atoms with Crippen molar-refractivity contribution in [2.75, 3.05) is 19.6 Å². The fourth-order valence-corrected chi connectivity index (χ4v) is 3.16. The van der Waals surface area contributed by atoms with Gasteiger partial charge in [0, 0.05) is 31.7 Å². The molecule has 0 spiro atoms. The van der Waals surface area contributed by atoms with Crippen LogP contribution in [0.2, 0.25) is 0 Å². The zero-order valence-electron chi connectivity index (χ0n) is 14.1. The number of nitrogens with one attached hydrogen (secondary N) is 1. The predicted octanol–water partition coefficient (Wildman–Crippen LogP) is 3.91. The van der Waals surface area contributed by atoms with Crippen molar-refractivity contribution in [3.63, 3.8) is 0 Å². The minimum absolute atomic E-state index is 0.364. The van der Waals surface area contributed by atoms with E-state index in [4.69, 9.17) is 0 Å². The van der Waals surface area contributed by atoms with Crippen LogP contribution in [0.5, 0.6) is 0 Å². The topological polar surface area (TPSA) is 15.3 Å². The van der Waals surface area contributed by atoms with Gasteiger partial charge in [-0.3, -0.25) is 4.90 Å². The van der Waals surface area contributed by atoms with Crippen LogP contribution in [0.25, 0.3) is 0 Å². The summed E-state index contributed by atoms with van der Waals surface area (Å²) in [6, 6.07) is 1.39. The molecule has 114 valence electrons. The Morgan fingerprint density at radius 2 is 1.79 bits per heavy atom. The van der Waals surface area contributed by atoms with Crippen LogP contribution < -0.4 is 5.32 Å². The first-order chi connectivity index (χ1) is 8.92. The van der Waals surface area contributed by atoms with Gasteiger partial charge < -0.3 is 5.32 Å². The monoisotopic (exact) mass is 268 g/mol. The first kappa shape index (κ1) is 17.0. The third-order valence-electron chi connectivity index (χ3n) is 4.85. The smallest absolute Gasteiger partial charge is 0.0244 e. The Balaban J connectivity index is 2.67. The molecule has 0 aromatic heterocycles. The lowest BCUT2D eigenvalue weighted by Crippen LogP contribution is -2.60. The molecule has 19 heavy (non-hydrogen) atoms. The van der Waals surface area contributed by atoms with E-state index in [1.165, 1.54) is 45.3 Å². The summed E-state index contributed by atoms with van der Waals surface area (Å²) >= 11 is 0. The third kappa shape index (κ3) is 5.07. The van der Waals surface area contributed by atoms with Crippen molar-refractivity contribution in [1.82, 2.24) is 10.2 Å². The molecule has 1 heterocycles. The van der Waals surface area contributed by atoms with Crippen LogP contribution in [0.4, 0.5) is 0 Å². The lowest BCUT2D eigenvalue weighted by atomic mass is 9.84. The summed E-state index contributed by atoms with van der Waals surface area (Å²) in [6.07, 6.45) is 5.27. The molecule has 1 fully saturated rings. The van der Waals surface area contributed by atoms with Crippen molar-refractivity contribution < 1.29 is 0 Å². The van der Waals surface area contributed by atoms with Crippen LogP contribution >= 0.6 is 0 Å². The van der Waals surface area contributed by atoms with E-state index >= 15 is 0 Å². The largest absolute Gasteiger partial charge is 0.311 e. The van der Waals surface area contributed by atoms with Crippen molar-refractivity contribution in [1.29, 1.82) is 0 Å². The van der Waals surface area contributed by atoms with Gasteiger partial charge in [-0.25, -0.2) is 0 Å². The van der Waals surface area contributed by atoms with Crippen molar-refractivity contribution in [3.8, 4) is 0 Å². The minimum atomic E-state index is 0.364. The molecule has 0 aromatic rings. The molecule has 1 saturated heterocycles. The summed E-state index contributed by atoms with van der Waals surface area (Å²) < 4.78 is 0. The van der Waals surface area contributed by atoms with Gasteiger partial charge in [0.2, 0.25) is 0 Å². The highest BCUT2D eigenvalue weighted by atomic mass is 15.2. The average molecular weight is 268 g/mol. The molecule has 1 N–H and O–H groups in total. The van der Waals surface area contributed by atoms with Gasteiger partial charge in [-0.2, -0.15) is 0 Å². The van der Waals surface area contributed by atoms with E-state index in [1.807, 2.05) is 0 Å². The van der Waals surface area contributed by atoms with Crippen molar-refractivity contribution in [2.45, 2.75) is 79.3 Å². The van der Waals surface area contributed by atoms with E-state index in [0.717, 1.165) is 12.0 Å². The highest BCUT2D eigenvalue weighted by molar-refractivity contribution is 4.92. The Morgan fingerprint density at radius 3 is 2.26 bits per heavy atom. The molecule has 2 nitrogen and oxygen atoms in total. The van der Waals surface area contributed by atoms with Gasteiger partial charge in [0.15, 0.2) is 0 Å². The maximum absolute atomic E-state index is 3.79. The SMILES string of the molecule is CCCC1CNC(C(C)(C)C)CN1CC(CC)CC. The van der Waals surface area contributed by atoms with E-state index < -0.39 is 0 Å². The molecule has 0 radical (unpaired) electrons. The molecule has 2 heteroatoms. The van der Waals surface area contributed by atoms with Gasteiger partial charge in [-0.05, 0) is 17.8 Å². The molecular formula is C17H36N2. The molecule has 0 aromatic carbocycles. The van der Waals surface area contributed by atoms with Crippen molar-refractivity contribution >= 4 is 0 Å². The molecule has 2 atom stereocenters. The second kappa shape index (κ2) is 7.64. The van der Waals surface area contributed by atoms with Crippen LogP contribution in [-0.4, -0.2) is 36.6 Å². The van der Waals surface area contributed by atoms with Crippen LogP contribution in [0.1, 0.15) is 67.2 Å². The van der Waals surface area contributed by atoms with E-state index in [-0.39, 0.29) is 0 Å². The number of nitrogens with zero attached hydrogens (tertiary/aromatic N) is 1. The van der Waals surface area contributed by atoms with Gasteiger partial charge in [0.1, 0.15) is 0 Å². The lowest BCUT2D eigenvalue weighted by molar-refractivity contribution is 0.0661. The first-order valence-electron chi connectivity index (χ1n) is 8.39. The number of hydrogen-bond donors (Lipinski definition) is 1. The lowest BCUT2D eigenvalue weighted by Gasteiger charge is -2.46. The van der Waals surface area contributed by atoms with Gasteiger partial charge in [0.05, 0.1) is 0 Å². The fraction of sp³-hybridized carbons (Fsp3) is 1.00.